The lowest BCUT2D eigenvalue weighted by Gasteiger charge is -2.59. The molecule has 19 nitrogen and oxygen atoms in total. The van der Waals surface area contributed by atoms with E-state index in [-0.39, 0.29) is 85.1 Å². The molecule has 0 rings (SSSR count). The third-order valence-electron chi connectivity index (χ3n) is 10.7. The fourth-order valence-corrected chi connectivity index (χ4v) is 9.06. The largest absolute Gasteiger partial charge is 0.331 e. The number of Topliss-reactive ketones (excluding diaryl/α,β-unsaturated/α-hetero) is 1. The number of hydrogen-bond donors (Lipinski definition) is 0. The second-order valence-electron chi connectivity index (χ2n) is 14.5. The Bertz CT molecular complexity index is 1160. The van der Waals surface area contributed by atoms with Crippen molar-refractivity contribution >= 4 is 26.3 Å². The van der Waals surface area contributed by atoms with E-state index in [4.69, 9.17) is 85.3 Å². The molecule has 0 saturated heterocycles. The number of ketones is 1. The van der Waals surface area contributed by atoms with Crippen molar-refractivity contribution in [2.24, 2.45) is 0 Å². The molecule has 8 atom stereocenters. The summed E-state index contributed by atoms with van der Waals surface area (Å²) in [5, 5.41) is 0. The van der Waals surface area contributed by atoms with E-state index in [0.717, 1.165) is 0 Å². The molecule has 0 fully saturated rings. The molecule has 0 aromatic carbocycles. The average Bonchev–Trinajstić information content (AvgIpc) is 3.24. The number of methoxy groups -OCH3 is 6. The molecule has 0 amide bonds. The fourth-order valence-electron chi connectivity index (χ4n) is 7.34. The Morgan fingerprint density at radius 3 is 0.661 bits per heavy atom. The molecule has 62 heavy (non-hydrogen) atoms. The van der Waals surface area contributed by atoms with Crippen LogP contribution < -0.4 is 0 Å². The Kier molecular flexibility index (Phi) is 25.8. The molecule has 0 radical (unpaired) electrons. The number of carbonyl (C=O) groups is 1. The highest BCUT2D eigenvalue weighted by atomic mass is 28.1. The van der Waals surface area contributed by atoms with E-state index in [0.29, 0.717) is 0 Å². The minimum Gasteiger partial charge on any atom is -0.331 e. The van der Waals surface area contributed by atoms with Gasteiger partial charge in [0.2, 0.25) is 17.4 Å². The number of rotatable bonds is 38. The van der Waals surface area contributed by atoms with Gasteiger partial charge in [0, 0.05) is 144 Å². The molecule has 0 aromatic rings. The summed E-state index contributed by atoms with van der Waals surface area (Å²) in [6.07, 6.45) is -0.503. The van der Waals surface area contributed by atoms with Gasteiger partial charge >= 0.3 is 0 Å². The Labute approximate surface area is 378 Å². The number of carbonyl (C=O) groups excluding carboxylic acids is 1. The Balaban J connectivity index is 9.94. The van der Waals surface area contributed by atoms with Crippen molar-refractivity contribution in [3.63, 3.8) is 0 Å². The zero-order valence-electron chi connectivity index (χ0n) is 42.3. The van der Waals surface area contributed by atoms with Gasteiger partial charge in [-0.2, -0.15) is 0 Å². The lowest BCUT2D eigenvalue weighted by atomic mass is 9.72. The van der Waals surface area contributed by atoms with Gasteiger partial charge < -0.3 is 66.3 Å². The van der Waals surface area contributed by atoms with Gasteiger partial charge in [-0.05, 0) is 66.5 Å². The van der Waals surface area contributed by atoms with Crippen molar-refractivity contribution in [1.29, 1.82) is 0 Å². The zero-order chi connectivity index (χ0) is 48.4. The van der Waals surface area contributed by atoms with Crippen LogP contribution in [-0.2, 0) is 90.1 Å². The smallest absolute Gasteiger partial charge is 0.282 e. The molecule has 0 heterocycles. The predicted octanol–water partition coefficient (Wildman–Crippen LogP) is 4.05. The summed E-state index contributed by atoms with van der Waals surface area (Å²) in [5.41, 5.74) is -4.92. The standard InChI is InChI=1S/C41H86O19Si2/c1-21-38(55-32(9,43-15)49-23-3,40(29-61,57-34(11,45-17)51-25-5)58-35(12,46-18)52-26-6)31(42)39(22-2,56-33(10,44-16)50-24-4)41(30-62,59-36(13,47-19)53-27-7)60-37(14,48-20)54-28-8/h21-30H2,1-20,61-62H3. The van der Waals surface area contributed by atoms with Gasteiger partial charge in [0.15, 0.2) is 11.2 Å². The van der Waals surface area contributed by atoms with Gasteiger partial charge in [-0.3, -0.25) is 23.7 Å². The van der Waals surface area contributed by atoms with Crippen LogP contribution in [0.5, 0.6) is 0 Å². The van der Waals surface area contributed by atoms with E-state index in [9.17, 15) is 0 Å². The Morgan fingerprint density at radius 1 is 0.355 bits per heavy atom. The second-order valence-corrected chi connectivity index (χ2v) is 15.9. The van der Waals surface area contributed by atoms with E-state index in [1.165, 1.54) is 84.2 Å². The van der Waals surface area contributed by atoms with Crippen molar-refractivity contribution in [3.8, 4) is 0 Å². The van der Waals surface area contributed by atoms with Crippen molar-refractivity contribution in [2.45, 2.75) is 180 Å². The average molecular weight is 939 g/mol. The van der Waals surface area contributed by atoms with Crippen LogP contribution in [0.15, 0.2) is 0 Å². The lowest BCUT2D eigenvalue weighted by molar-refractivity contribution is -0.534. The molecule has 0 aliphatic heterocycles. The normalized spacial score (nSPS) is 22.4. The molecule has 0 saturated carbocycles. The third kappa shape index (κ3) is 14.2. The lowest BCUT2D eigenvalue weighted by Crippen LogP contribution is -2.79. The molecular weight excluding hydrogens is 853 g/mol. The highest BCUT2D eigenvalue weighted by Crippen LogP contribution is 2.54. The summed E-state index contributed by atoms with van der Waals surface area (Å²) < 4.78 is 115. The highest BCUT2D eigenvalue weighted by molar-refractivity contribution is 6.11. The van der Waals surface area contributed by atoms with E-state index in [1.54, 1.807) is 55.4 Å². The summed E-state index contributed by atoms with van der Waals surface area (Å²) in [6, 6.07) is -0.106. The first kappa shape index (κ1) is 61.4. The van der Waals surface area contributed by atoms with Gasteiger partial charge in [-0.1, -0.05) is 13.8 Å². The maximum absolute atomic E-state index is 17.4. The van der Waals surface area contributed by atoms with Crippen LogP contribution in [0.3, 0.4) is 0 Å². The number of hydrogen-bond acceptors (Lipinski definition) is 19. The molecule has 0 N–H and O–H groups in total. The van der Waals surface area contributed by atoms with Gasteiger partial charge in [0.1, 0.15) is 0 Å². The van der Waals surface area contributed by atoms with Gasteiger partial charge in [-0.25, -0.2) is 0 Å². The first-order valence-electron chi connectivity index (χ1n) is 21.8. The maximum Gasteiger partial charge on any atom is 0.282 e. The minimum absolute atomic E-state index is 0.0532. The van der Waals surface area contributed by atoms with E-state index < -0.39 is 64.4 Å². The van der Waals surface area contributed by atoms with Crippen LogP contribution in [-0.4, -0.2) is 167 Å². The summed E-state index contributed by atoms with van der Waals surface area (Å²) in [7, 11) is 8.84. The predicted molar refractivity (Wildman–Crippen MR) is 235 cm³/mol. The second kappa shape index (κ2) is 26.1. The first-order chi connectivity index (χ1) is 28.9. The quantitative estimate of drug-likeness (QED) is 0.0638. The zero-order valence-corrected chi connectivity index (χ0v) is 46.3. The van der Waals surface area contributed by atoms with Crippen LogP contribution in [0, 0.1) is 0 Å². The van der Waals surface area contributed by atoms with Crippen LogP contribution in [0.1, 0.15) is 110 Å². The Morgan fingerprint density at radius 2 is 0.532 bits per heavy atom. The molecule has 0 aliphatic carbocycles. The maximum atomic E-state index is 17.4. The van der Waals surface area contributed by atoms with Crippen LogP contribution >= 0.6 is 0 Å². The van der Waals surface area contributed by atoms with Crippen LogP contribution in [0.4, 0.5) is 0 Å². The summed E-state index contributed by atoms with van der Waals surface area (Å²) in [6.45, 7) is 23.7. The summed E-state index contributed by atoms with van der Waals surface area (Å²) >= 11 is 0. The van der Waals surface area contributed by atoms with Crippen LogP contribution in [0.25, 0.3) is 0 Å². The Hall–Kier alpha value is -0.616. The third-order valence-corrected chi connectivity index (χ3v) is 12.5. The van der Waals surface area contributed by atoms with E-state index in [1.807, 2.05) is 0 Å². The van der Waals surface area contributed by atoms with E-state index >= 15 is 4.79 Å². The van der Waals surface area contributed by atoms with Crippen LogP contribution in [0.2, 0.25) is 12.1 Å². The molecule has 0 aliphatic rings. The van der Waals surface area contributed by atoms with Gasteiger partial charge in [0.05, 0.1) is 0 Å². The monoisotopic (exact) mass is 939 g/mol. The molecule has 8 unspecified atom stereocenters. The molecule has 0 aromatic heterocycles. The molecule has 0 bridgehead atoms. The molecular formula is C41H86O19Si2. The van der Waals surface area contributed by atoms with Crippen molar-refractivity contribution < 1.29 is 90.1 Å². The summed E-state index contributed by atoms with van der Waals surface area (Å²) in [5.74, 6) is -17.1. The first-order valence-corrected chi connectivity index (χ1v) is 24.6. The summed E-state index contributed by atoms with van der Waals surface area (Å²) in [4.78, 5) is 17.4. The topological polar surface area (TPSA) is 183 Å². The molecule has 21 heteroatoms. The van der Waals surface area contributed by atoms with Gasteiger partial charge in [0.25, 0.3) is 35.8 Å². The molecule has 372 valence electrons. The van der Waals surface area contributed by atoms with Crippen molar-refractivity contribution in [1.82, 2.24) is 0 Å². The van der Waals surface area contributed by atoms with Crippen molar-refractivity contribution in [3.05, 3.63) is 0 Å². The SMILES string of the molecule is CCOC(C)(OC)OC(C[SiH3])(OC(C)(OC)OCC)C(CC)(OC(C)(OC)OCC)C(=O)C(CC)(OC(C)(OC)OCC)C(C[SiH3])(OC(C)(OC)OCC)OC(C)(OC)OCC. The van der Waals surface area contributed by atoms with Crippen molar-refractivity contribution in [2.75, 3.05) is 82.3 Å². The highest BCUT2D eigenvalue weighted by Gasteiger charge is 2.75. The number of ether oxygens (including phenoxy) is 18. The van der Waals surface area contributed by atoms with E-state index in [2.05, 4.69) is 0 Å². The molecule has 0 spiro atoms. The fraction of sp³-hybridized carbons (Fsp3) is 0.976. The van der Waals surface area contributed by atoms with Gasteiger partial charge in [-0.15, -0.1) is 0 Å². The minimum atomic E-state index is -2.46.